The predicted molar refractivity (Wildman–Crippen MR) is 57.6 cm³/mol. The lowest BCUT2D eigenvalue weighted by molar-refractivity contribution is 1.03. The van der Waals surface area contributed by atoms with Gasteiger partial charge in [-0.05, 0) is 25.3 Å². The first-order valence-corrected chi connectivity index (χ1v) is 5.23. The van der Waals surface area contributed by atoms with E-state index in [9.17, 15) is 4.79 Å². The molecule has 14 heavy (non-hydrogen) atoms. The van der Waals surface area contributed by atoms with Crippen molar-refractivity contribution in [1.29, 1.82) is 0 Å². The van der Waals surface area contributed by atoms with Crippen molar-refractivity contribution in [3.63, 3.8) is 0 Å². The van der Waals surface area contributed by atoms with E-state index in [1.165, 1.54) is 0 Å². The average Bonchev–Trinajstić information content (AvgIpc) is 2.66. The first-order chi connectivity index (χ1) is 6.68. The molecule has 0 atom stereocenters. The molecule has 0 aliphatic rings. The zero-order valence-corrected chi connectivity index (χ0v) is 8.81. The normalized spacial score (nSPS) is 10.4. The molecule has 0 amide bonds. The molecule has 0 radical (unpaired) electrons. The molecule has 0 fully saturated rings. The molecular weight excluding hydrogens is 196 g/mol. The molecule has 1 N–H and O–H groups in total. The fourth-order valence-electron chi connectivity index (χ4n) is 1.18. The van der Waals surface area contributed by atoms with Gasteiger partial charge in [0.2, 0.25) is 0 Å². The highest BCUT2D eigenvalue weighted by molar-refractivity contribution is 7.08. The lowest BCUT2D eigenvalue weighted by Gasteiger charge is -2.01. The van der Waals surface area contributed by atoms with Crippen molar-refractivity contribution < 1.29 is 0 Å². The number of hydrogen-bond acceptors (Lipinski definition) is 3. The van der Waals surface area contributed by atoms with E-state index in [4.69, 9.17) is 0 Å². The molecule has 0 aliphatic heterocycles. The van der Waals surface area contributed by atoms with Crippen LogP contribution in [0.2, 0.25) is 0 Å². The summed E-state index contributed by atoms with van der Waals surface area (Å²) >= 11 is 1.59. The van der Waals surface area contributed by atoms with Crippen LogP contribution in [-0.4, -0.2) is 9.97 Å². The van der Waals surface area contributed by atoms with Crippen LogP contribution in [-0.2, 0) is 0 Å². The highest BCUT2D eigenvalue weighted by Gasteiger charge is 2.05. The molecular formula is C10H10N2OS. The van der Waals surface area contributed by atoms with Crippen LogP contribution in [0.4, 0.5) is 0 Å². The molecule has 0 saturated heterocycles. The van der Waals surface area contributed by atoms with E-state index in [2.05, 4.69) is 9.97 Å². The van der Waals surface area contributed by atoms with Crippen molar-refractivity contribution in [2.24, 2.45) is 0 Å². The Kier molecular flexibility index (Phi) is 2.21. The molecule has 0 aromatic carbocycles. The van der Waals surface area contributed by atoms with Gasteiger partial charge < -0.3 is 4.98 Å². The van der Waals surface area contributed by atoms with E-state index < -0.39 is 0 Å². The van der Waals surface area contributed by atoms with Gasteiger partial charge in [0.25, 0.3) is 5.56 Å². The molecule has 4 heteroatoms. The van der Waals surface area contributed by atoms with Gasteiger partial charge in [-0.3, -0.25) is 4.79 Å². The van der Waals surface area contributed by atoms with E-state index in [0.717, 1.165) is 11.3 Å². The van der Waals surface area contributed by atoms with Gasteiger partial charge in [-0.2, -0.15) is 11.3 Å². The minimum absolute atomic E-state index is 0.0568. The van der Waals surface area contributed by atoms with E-state index in [0.29, 0.717) is 11.4 Å². The molecule has 2 rings (SSSR count). The predicted octanol–water partition coefficient (Wildman–Crippen LogP) is 2.12. The van der Waals surface area contributed by atoms with Crippen LogP contribution in [0.1, 0.15) is 11.3 Å². The summed E-state index contributed by atoms with van der Waals surface area (Å²) < 4.78 is 0. The summed E-state index contributed by atoms with van der Waals surface area (Å²) in [4.78, 5) is 18.5. The van der Waals surface area contributed by atoms with Gasteiger partial charge >= 0.3 is 0 Å². The molecule has 0 bridgehead atoms. The van der Waals surface area contributed by atoms with Gasteiger partial charge in [0.15, 0.2) is 0 Å². The molecule has 72 valence electrons. The highest BCUT2D eigenvalue weighted by atomic mass is 32.1. The summed E-state index contributed by atoms with van der Waals surface area (Å²) in [5.41, 5.74) is 2.38. The highest BCUT2D eigenvalue weighted by Crippen LogP contribution is 2.17. The Morgan fingerprint density at radius 2 is 2.21 bits per heavy atom. The quantitative estimate of drug-likeness (QED) is 0.776. The summed E-state index contributed by atoms with van der Waals surface area (Å²) in [7, 11) is 0. The van der Waals surface area contributed by atoms with Crippen LogP contribution < -0.4 is 5.56 Å². The third kappa shape index (κ3) is 1.48. The molecule has 0 aliphatic carbocycles. The Bertz CT molecular complexity index is 499. The topological polar surface area (TPSA) is 45.8 Å². The number of rotatable bonds is 1. The lowest BCUT2D eigenvalue weighted by atomic mass is 10.2. The van der Waals surface area contributed by atoms with Crippen molar-refractivity contribution in [3.05, 3.63) is 38.4 Å². The van der Waals surface area contributed by atoms with Gasteiger partial charge in [0.1, 0.15) is 5.82 Å². The number of aromatic amines is 1. The average molecular weight is 206 g/mol. The number of nitrogens with zero attached hydrogens (tertiary/aromatic N) is 1. The monoisotopic (exact) mass is 206 g/mol. The van der Waals surface area contributed by atoms with E-state index in [1.54, 1.807) is 18.3 Å². The van der Waals surface area contributed by atoms with E-state index >= 15 is 0 Å². The molecule has 0 unspecified atom stereocenters. The Morgan fingerprint density at radius 1 is 1.43 bits per heavy atom. The first kappa shape index (κ1) is 9.15. The minimum Gasteiger partial charge on any atom is -0.306 e. The van der Waals surface area contributed by atoms with Gasteiger partial charge in [0, 0.05) is 22.2 Å². The number of hydrogen-bond donors (Lipinski definition) is 1. The van der Waals surface area contributed by atoms with Crippen LogP contribution in [0.25, 0.3) is 11.4 Å². The summed E-state index contributed by atoms with van der Waals surface area (Å²) in [5.74, 6) is 0.652. The van der Waals surface area contributed by atoms with Gasteiger partial charge in [-0.25, -0.2) is 4.98 Å². The van der Waals surface area contributed by atoms with Gasteiger partial charge in [0.05, 0.1) is 0 Å². The smallest absolute Gasteiger partial charge is 0.254 e. The van der Waals surface area contributed by atoms with Gasteiger partial charge in [-0.15, -0.1) is 0 Å². The van der Waals surface area contributed by atoms with E-state index in [1.807, 2.05) is 23.8 Å². The van der Waals surface area contributed by atoms with Crippen molar-refractivity contribution in [3.8, 4) is 11.4 Å². The SMILES string of the molecule is Cc1nc(-c2ccsc2)[nH]c(=O)c1C. The number of nitrogens with one attached hydrogen (secondary N) is 1. The molecule has 0 spiro atoms. The summed E-state index contributed by atoms with van der Waals surface area (Å²) in [6.07, 6.45) is 0. The largest absolute Gasteiger partial charge is 0.306 e. The van der Waals surface area contributed by atoms with Crippen molar-refractivity contribution in [2.75, 3.05) is 0 Å². The number of H-pyrrole nitrogens is 1. The third-order valence-electron chi connectivity index (χ3n) is 2.19. The lowest BCUT2D eigenvalue weighted by Crippen LogP contribution is -2.14. The van der Waals surface area contributed by atoms with Gasteiger partial charge in [-0.1, -0.05) is 0 Å². The number of aromatic nitrogens is 2. The van der Waals surface area contributed by atoms with Crippen LogP contribution in [0.3, 0.4) is 0 Å². The minimum atomic E-state index is -0.0568. The Morgan fingerprint density at radius 3 is 2.79 bits per heavy atom. The standard InChI is InChI=1S/C10H10N2OS/c1-6-7(2)11-9(12-10(6)13)8-3-4-14-5-8/h3-5H,1-2H3,(H,11,12,13). The second kappa shape index (κ2) is 3.38. The summed E-state index contributed by atoms with van der Waals surface area (Å²) in [6.45, 7) is 3.62. The van der Waals surface area contributed by atoms with Crippen LogP contribution in [0, 0.1) is 13.8 Å². The van der Waals surface area contributed by atoms with Crippen molar-refractivity contribution in [2.45, 2.75) is 13.8 Å². The zero-order chi connectivity index (χ0) is 10.1. The Hall–Kier alpha value is -1.42. The molecule has 2 heterocycles. The third-order valence-corrected chi connectivity index (χ3v) is 2.87. The fourth-order valence-corrected chi connectivity index (χ4v) is 1.82. The second-order valence-electron chi connectivity index (χ2n) is 3.14. The first-order valence-electron chi connectivity index (χ1n) is 4.28. The number of aryl methyl sites for hydroxylation is 1. The van der Waals surface area contributed by atoms with Crippen LogP contribution >= 0.6 is 11.3 Å². The summed E-state index contributed by atoms with van der Waals surface area (Å²) in [5, 5.41) is 3.93. The van der Waals surface area contributed by atoms with Crippen LogP contribution in [0.15, 0.2) is 21.6 Å². The van der Waals surface area contributed by atoms with Crippen LogP contribution in [0.5, 0.6) is 0 Å². The molecule has 2 aromatic rings. The maximum Gasteiger partial charge on any atom is 0.254 e. The second-order valence-corrected chi connectivity index (χ2v) is 3.92. The van der Waals surface area contributed by atoms with Crippen molar-refractivity contribution >= 4 is 11.3 Å². The maximum atomic E-state index is 11.5. The number of thiophene rings is 1. The zero-order valence-electron chi connectivity index (χ0n) is 8.00. The Balaban J connectivity index is 2.63. The summed E-state index contributed by atoms with van der Waals surface area (Å²) in [6, 6.07) is 1.94. The fraction of sp³-hybridized carbons (Fsp3) is 0.200. The maximum absolute atomic E-state index is 11.5. The Labute approximate surface area is 85.5 Å². The van der Waals surface area contributed by atoms with E-state index in [-0.39, 0.29) is 5.56 Å². The molecule has 0 saturated carbocycles. The molecule has 3 nitrogen and oxygen atoms in total. The molecule has 2 aromatic heterocycles. The van der Waals surface area contributed by atoms with Crippen molar-refractivity contribution in [1.82, 2.24) is 9.97 Å².